The summed E-state index contributed by atoms with van der Waals surface area (Å²) in [5.74, 6) is 0.709. The first-order chi connectivity index (χ1) is 14.4. The van der Waals surface area contributed by atoms with Gasteiger partial charge in [-0.2, -0.15) is 0 Å². The molecule has 0 aliphatic rings. The van der Waals surface area contributed by atoms with E-state index in [1.807, 2.05) is 13.8 Å². The SMILES string of the molecule is Cc1cc(Oc2coc3cc(OCc4ccccc4F)ccc3c2=O)cc(C)c1Cl. The number of benzene rings is 3. The topological polar surface area (TPSA) is 48.7 Å². The molecule has 0 saturated carbocycles. The fourth-order valence-electron chi connectivity index (χ4n) is 3.12. The van der Waals surface area contributed by atoms with Gasteiger partial charge in [0.2, 0.25) is 11.2 Å². The van der Waals surface area contributed by atoms with Crippen LogP contribution in [0.2, 0.25) is 5.02 Å². The van der Waals surface area contributed by atoms with E-state index in [2.05, 4.69) is 0 Å². The molecule has 1 heterocycles. The standard InChI is InChI=1S/C24H18ClFO4/c1-14-9-18(10-15(2)23(14)25)30-22-13-29-21-11-17(7-8-19(21)24(22)27)28-12-16-5-3-4-6-20(16)26/h3-11,13H,12H2,1-2H3. The Morgan fingerprint density at radius 1 is 1.00 bits per heavy atom. The minimum Gasteiger partial charge on any atom is -0.489 e. The summed E-state index contributed by atoms with van der Waals surface area (Å²) in [5, 5.41) is 1.02. The van der Waals surface area contributed by atoms with Gasteiger partial charge in [0.15, 0.2) is 0 Å². The fourth-order valence-corrected chi connectivity index (χ4v) is 3.23. The van der Waals surface area contributed by atoms with Crippen LogP contribution < -0.4 is 14.9 Å². The van der Waals surface area contributed by atoms with Crippen LogP contribution in [0.3, 0.4) is 0 Å². The van der Waals surface area contributed by atoms with Crippen LogP contribution in [0, 0.1) is 19.7 Å². The van der Waals surface area contributed by atoms with E-state index in [-0.39, 0.29) is 23.6 Å². The zero-order chi connectivity index (χ0) is 21.3. The van der Waals surface area contributed by atoms with Crippen LogP contribution in [0.15, 0.2) is 70.1 Å². The molecule has 152 valence electrons. The second-order valence-electron chi connectivity index (χ2n) is 6.94. The van der Waals surface area contributed by atoms with Crippen molar-refractivity contribution >= 4 is 22.6 Å². The van der Waals surface area contributed by atoms with Crippen molar-refractivity contribution in [2.24, 2.45) is 0 Å². The first-order valence-electron chi connectivity index (χ1n) is 9.29. The lowest BCUT2D eigenvalue weighted by atomic mass is 10.1. The number of ether oxygens (including phenoxy) is 2. The Balaban J connectivity index is 1.58. The second kappa shape index (κ2) is 8.20. The Bertz CT molecular complexity index is 1270. The van der Waals surface area contributed by atoms with Gasteiger partial charge >= 0.3 is 0 Å². The average molecular weight is 425 g/mol. The maximum atomic E-state index is 13.7. The Kier molecular flexibility index (Phi) is 5.46. The summed E-state index contributed by atoms with van der Waals surface area (Å²) in [7, 11) is 0. The molecule has 0 N–H and O–H groups in total. The van der Waals surface area contributed by atoms with Gasteiger partial charge in [0.1, 0.15) is 35.8 Å². The predicted molar refractivity (Wildman–Crippen MR) is 114 cm³/mol. The molecule has 0 amide bonds. The molecule has 0 radical (unpaired) electrons. The molecule has 0 saturated heterocycles. The van der Waals surface area contributed by atoms with Gasteiger partial charge < -0.3 is 13.9 Å². The first-order valence-corrected chi connectivity index (χ1v) is 9.66. The fraction of sp³-hybridized carbons (Fsp3) is 0.125. The smallest absolute Gasteiger partial charge is 0.235 e. The molecule has 1 aromatic heterocycles. The maximum Gasteiger partial charge on any atom is 0.235 e. The van der Waals surface area contributed by atoms with Gasteiger partial charge in [0.05, 0.1) is 5.39 Å². The molecule has 4 aromatic rings. The highest BCUT2D eigenvalue weighted by atomic mass is 35.5. The Morgan fingerprint density at radius 3 is 2.47 bits per heavy atom. The molecular formula is C24H18ClFO4. The molecule has 4 nitrogen and oxygen atoms in total. The molecule has 0 aliphatic heterocycles. The zero-order valence-corrected chi connectivity index (χ0v) is 17.1. The Hall–Kier alpha value is -3.31. The number of aryl methyl sites for hydroxylation is 2. The minimum absolute atomic E-state index is 0.0683. The molecule has 30 heavy (non-hydrogen) atoms. The quantitative estimate of drug-likeness (QED) is 0.363. The van der Waals surface area contributed by atoms with E-state index in [4.69, 9.17) is 25.5 Å². The number of fused-ring (bicyclic) bond motifs is 1. The van der Waals surface area contributed by atoms with Gasteiger partial charge in [-0.15, -0.1) is 0 Å². The molecule has 3 aromatic carbocycles. The van der Waals surface area contributed by atoms with Crippen LogP contribution in [-0.2, 0) is 6.61 Å². The van der Waals surface area contributed by atoms with Crippen molar-refractivity contribution in [3.05, 3.63) is 98.6 Å². The number of hydrogen-bond donors (Lipinski definition) is 0. The maximum absolute atomic E-state index is 13.7. The van der Waals surface area contributed by atoms with Crippen molar-refractivity contribution in [1.29, 1.82) is 0 Å². The lowest BCUT2D eigenvalue weighted by Crippen LogP contribution is -2.05. The first kappa shape index (κ1) is 20.0. The van der Waals surface area contributed by atoms with Crippen molar-refractivity contribution in [3.8, 4) is 17.2 Å². The van der Waals surface area contributed by atoms with Gasteiger partial charge in [-0.1, -0.05) is 29.8 Å². The van der Waals surface area contributed by atoms with Crippen molar-refractivity contribution in [2.75, 3.05) is 0 Å². The molecule has 0 bridgehead atoms. The van der Waals surface area contributed by atoms with Crippen molar-refractivity contribution in [1.82, 2.24) is 0 Å². The number of halogens is 2. The van der Waals surface area contributed by atoms with Gasteiger partial charge in [0.25, 0.3) is 0 Å². The lowest BCUT2D eigenvalue weighted by molar-refractivity contribution is 0.300. The number of rotatable bonds is 5. The van der Waals surface area contributed by atoms with Crippen LogP contribution in [-0.4, -0.2) is 0 Å². The van der Waals surface area contributed by atoms with Crippen LogP contribution in [0.4, 0.5) is 4.39 Å². The molecule has 6 heteroatoms. The van der Waals surface area contributed by atoms with E-state index in [0.29, 0.717) is 33.1 Å². The molecule has 4 rings (SSSR count). The minimum atomic E-state index is -0.334. The monoisotopic (exact) mass is 424 g/mol. The molecular weight excluding hydrogens is 407 g/mol. The Labute approximate surface area is 177 Å². The zero-order valence-electron chi connectivity index (χ0n) is 16.4. The van der Waals surface area contributed by atoms with E-state index in [9.17, 15) is 9.18 Å². The summed E-state index contributed by atoms with van der Waals surface area (Å²) < 4.78 is 30.7. The highest BCUT2D eigenvalue weighted by Gasteiger charge is 2.12. The van der Waals surface area contributed by atoms with Gasteiger partial charge in [-0.05, 0) is 55.3 Å². The summed E-state index contributed by atoms with van der Waals surface area (Å²) in [6, 6.07) is 14.8. The van der Waals surface area contributed by atoms with Crippen LogP contribution >= 0.6 is 11.6 Å². The third kappa shape index (κ3) is 4.02. The van der Waals surface area contributed by atoms with Gasteiger partial charge in [0, 0.05) is 16.7 Å². The van der Waals surface area contributed by atoms with Crippen LogP contribution in [0.1, 0.15) is 16.7 Å². The predicted octanol–water partition coefficient (Wildman–Crippen LogP) is 6.57. The van der Waals surface area contributed by atoms with E-state index in [1.54, 1.807) is 48.5 Å². The highest BCUT2D eigenvalue weighted by molar-refractivity contribution is 6.32. The van der Waals surface area contributed by atoms with Gasteiger partial charge in [-0.3, -0.25) is 4.79 Å². The average Bonchev–Trinajstić information content (AvgIpc) is 2.73. The second-order valence-corrected chi connectivity index (χ2v) is 7.32. The lowest BCUT2D eigenvalue weighted by Gasteiger charge is -2.10. The molecule has 0 fully saturated rings. The Morgan fingerprint density at radius 2 is 1.73 bits per heavy atom. The van der Waals surface area contributed by atoms with Crippen molar-refractivity contribution in [2.45, 2.75) is 20.5 Å². The third-order valence-corrected chi connectivity index (χ3v) is 5.30. The molecule has 0 aliphatic carbocycles. The largest absolute Gasteiger partial charge is 0.489 e. The van der Waals surface area contributed by atoms with E-state index < -0.39 is 0 Å². The van der Waals surface area contributed by atoms with Crippen molar-refractivity contribution < 1.29 is 18.3 Å². The highest BCUT2D eigenvalue weighted by Crippen LogP contribution is 2.29. The van der Waals surface area contributed by atoms with E-state index in [1.165, 1.54) is 12.3 Å². The molecule has 0 spiro atoms. The summed E-state index contributed by atoms with van der Waals surface area (Å²) in [5.41, 5.74) is 2.20. The summed E-state index contributed by atoms with van der Waals surface area (Å²) in [6.07, 6.45) is 1.27. The van der Waals surface area contributed by atoms with Gasteiger partial charge in [-0.25, -0.2) is 4.39 Å². The number of hydrogen-bond acceptors (Lipinski definition) is 4. The van der Waals surface area contributed by atoms with Crippen molar-refractivity contribution in [3.63, 3.8) is 0 Å². The normalized spacial score (nSPS) is 10.9. The van der Waals surface area contributed by atoms with Crippen LogP contribution in [0.25, 0.3) is 11.0 Å². The molecule has 0 unspecified atom stereocenters. The van der Waals surface area contributed by atoms with Crippen LogP contribution in [0.5, 0.6) is 17.2 Å². The van der Waals surface area contributed by atoms with E-state index >= 15 is 0 Å². The van der Waals surface area contributed by atoms with E-state index in [0.717, 1.165) is 11.1 Å². The summed E-state index contributed by atoms with van der Waals surface area (Å²) in [6.45, 7) is 3.81. The summed E-state index contributed by atoms with van der Waals surface area (Å²) in [4.78, 5) is 12.8. The third-order valence-electron chi connectivity index (χ3n) is 4.70. The molecule has 0 atom stereocenters. The summed E-state index contributed by atoms with van der Waals surface area (Å²) >= 11 is 6.18.